The van der Waals surface area contributed by atoms with E-state index in [2.05, 4.69) is 22.9 Å². The first-order valence-corrected chi connectivity index (χ1v) is 8.16. The molecule has 0 radical (unpaired) electrons. The van der Waals surface area contributed by atoms with Gasteiger partial charge < -0.3 is 16.0 Å². The standard InChI is InChI=1S/C19H23N3O2/c1-2-8-15-9-6-7-12-17(15)22-18(23)13-14-20-19(24)21-16-10-4-3-5-11-16/h3-7,9-12H,2,8,13-14H2,1H3,(H,22,23)(H2,20,21,24). The third-order valence-corrected chi connectivity index (χ3v) is 3.48. The van der Waals surface area contributed by atoms with Gasteiger partial charge in [0.15, 0.2) is 0 Å². The van der Waals surface area contributed by atoms with Crippen LogP contribution in [0.3, 0.4) is 0 Å². The number of nitrogens with one attached hydrogen (secondary N) is 3. The van der Waals surface area contributed by atoms with Crippen LogP contribution in [0.15, 0.2) is 54.6 Å². The first-order chi connectivity index (χ1) is 11.7. The van der Waals surface area contributed by atoms with Crippen molar-refractivity contribution in [2.24, 2.45) is 0 Å². The van der Waals surface area contributed by atoms with Crippen LogP contribution in [0, 0.1) is 0 Å². The van der Waals surface area contributed by atoms with E-state index in [1.807, 2.05) is 42.5 Å². The van der Waals surface area contributed by atoms with Gasteiger partial charge in [0.25, 0.3) is 0 Å². The second kappa shape index (κ2) is 9.35. The van der Waals surface area contributed by atoms with Gasteiger partial charge in [0.1, 0.15) is 0 Å². The fraction of sp³-hybridized carbons (Fsp3) is 0.263. The van der Waals surface area contributed by atoms with E-state index in [4.69, 9.17) is 0 Å². The molecule has 0 fully saturated rings. The summed E-state index contributed by atoms with van der Waals surface area (Å²) in [6, 6.07) is 16.6. The summed E-state index contributed by atoms with van der Waals surface area (Å²) in [6.45, 7) is 2.38. The Balaban J connectivity index is 1.74. The van der Waals surface area contributed by atoms with Crippen LogP contribution in [0.2, 0.25) is 0 Å². The molecule has 0 aliphatic heterocycles. The Bertz CT molecular complexity index is 671. The largest absolute Gasteiger partial charge is 0.337 e. The quantitative estimate of drug-likeness (QED) is 0.725. The average molecular weight is 325 g/mol. The highest BCUT2D eigenvalue weighted by Gasteiger charge is 2.07. The van der Waals surface area contributed by atoms with E-state index in [1.54, 1.807) is 12.1 Å². The maximum atomic E-state index is 12.0. The molecule has 0 saturated heterocycles. The number of para-hydroxylation sites is 2. The van der Waals surface area contributed by atoms with Gasteiger partial charge in [-0.3, -0.25) is 4.79 Å². The van der Waals surface area contributed by atoms with Crippen molar-refractivity contribution in [3.8, 4) is 0 Å². The minimum Gasteiger partial charge on any atom is -0.337 e. The van der Waals surface area contributed by atoms with E-state index in [1.165, 1.54) is 0 Å². The zero-order chi connectivity index (χ0) is 17.2. The number of anilines is 2. The lowest BCUT2D eigenvalue weighted by molar-refractivity contribution is -0.116. The maximum Gasteiger partial charge on any atom is 0.319 e. The summed E-state index contributed by atoms with van der Waals surface area (Å²) >= 11 is 0. The first kappa shape index (κ1) is 17.5. The number of hydrogen-bond donors (Lipinski definition) is 3. The number of urea groups is 1. The third-order valence-electron chi connectivity index (χ3n) is 3.48. The predicted octanol–water partition coefficient (Wildman–Crippen LogP) is 3.79. The van der Waals surface area contributed by atoms with Gasteiger partial charge in [0, 0.05) is 24.3 Å². The van der Waals surface area contributed by atoms with Crippen LogP contribution >= 0.6 is 0 Å². The fourth-order valence-electron chi connectivity index (χ4n) is 2.33. The molecule has 24 heavy (non-hydrogen) atoms. The molecule has 0 atom stereocenters. The number of benzene rings is 2. The number of hydrogen-bond acceptors (Lipinski definition) is 2. The summed E-state index contributed by atoms with van der Waals surface area (Å²) in [6.07, 6.45) is 2.17. The van der Waals surface area contributed by atoms with E-state index in [9.17, 15) is 9.59 Å². The van der Waals surface area contributed by atoms with Crippen molar-refractivity contribution in [3.05, 3.63) is 60.2 Å². The first-order valence-electron chi connectivity index (χ1n) is 8.16. The second-order valence-corrected chi connectivity index (χ2v) is 5.45. The Kier molecular flexibility index (Phi) is 6.83. The highest BCUT2D eigenvalue weighted by Crippen LogP contribution is 2.16. The highest BCUT2D eigenvalue weighted by molar-refractivity contribution is 5.93. The lowest BCUT2D eigenvalue weighted by Gasteiger charge is -2.11. The molecule has 0 heterocycles. The van der Waals surface area contributed by atoms with Crippen LogP contribution in [-0.2, 0) is 11.2 Å². The van der Waals surface area contributed by atoms with Crippen molar-refractivity contribution < 1.29 is 9.59 Å². The molecule has 0 spiro atoms. The average Bonchev–Trinajstić information content (AvgIpc) is 2.58. The van der Waals surface area contributed by atoms with Crippen molar-refractivity contribution in [2.75, 3.05) is 17.2 Å². The number of aryl methyl sites for hydroxylation is 1. The fourth-order valence-corrected chi connectivity index (χ4v) is 2.33. The molecule has 2 aromatic carbocycles. The Morgan fingerprint density at radius 1 is 0.917 bits per heavy atom. The van der Waals surface area contributed by atoms with Gasteiger partial charge >= 0.3 is 6.03 Å². The van der Waals surface area contributed by atoms with Crippen molar-refractivity contribution in [3.63, 3.8) is 0 Å². The molecule has 2 rings (SSSR count). The maximum absolute atomic E-state index is 12.0. The Morgan fingerprint density at radius 2 is 1.62 bits per heavy atom. The zero-order valence-corrected chi connectivity index (χ0v) is 13.8. The van der Waals surface area contributed by atoms with Gasteiger partial charge in [-0.2, -0.15) is 0 Å². The summed E-state index contributed by atoms with van der Waals surface area (Å²) < 4.78 is 0. The summed E-state index contributed by atoms with van der Waals surface area (Å²) in [5, 5.41) is 8.29. The third kappa shape index (κ3) is 5.76. The minimum atomic E-state index is -0.319. The predicted molar refractivity (Wildman–Crippen MR) is 97.1 cm³/mol. The monoisotopic (exact) mass is 325 g/mol. The van der Waals surface area contributed by atoms with Crippen molar-refractivity contribution in [1.29, 1.82) is 0 Å². The Hall–Kier alpha value is -2.82. The molecule has 3 amide bonds. The second-order valence-electron chi connectivity index (χ2n) is 5.45. The summed E-state index contributed by atoms with van der Waals surface area (Å²) in [5.41, 5.74) is 2.69. The normalized spacial score (nSPS) is 10.0. The SMILES string of the molecule is CCCc1ccccc1NC(=O)CCNC(=O)Nc1ccccc1. The molecule has 0 aliphatic rings. The minimum absolute atomic E-state index is 0.112. The van der Waals surface area contributed by atoms with E-state index in [-0.39, 0.29) is 24.9 Å². The molecule has 0 saturated carbocycles. The van der Waals surface area contributed by atoms with E-state index in [0.29, 0.717) is 5.69 Å². The lowest BCUT2D eigenvalue weighted by atomic mass is 10.1. The molecular weight excluding hydrogens is 302 g/mol. The molecule has 5 nitrogen and oxygen atoms in total. The lowest BCUT2D eigenvalue weighted by Crippen LogP contribution is -2.31. The van der Waals surface area contributed by atoms with Crippen LogP contribution in [0.25, 0.3) is 0 Å². The van der Waals surface area contributed by atoms with Gasteiger partial charge in [-0.05, 0) is 30.2 Å². The van der Waals surface area contributed by atoms with Crippen LogP contribution in [0.4, 0.5) is 16.2 Å². The Labute approximate surface area is 142 Å². The molecular formula is C19H23N3O2. The topological polar surface area (TPSA) is 70.2 Å². The van der Waals surface area contributed by atoms with Gasteiger partial charge in [-0.15, -0.1) is 0 Å². The molecule has 126 valence electrons. The molecule has 0 unspecified atom stereocenters. The van der Waals surface area contributed by atoms with Crippen LogP contribution < -0.4 is 16.0 Å². The smallest absolute Gasteiger partial charge is 0.319 e. The summed E-state index contributed by atoms with van der Waals surface area (Å²) in [7, 11) is 0. The van der Waals surface area contributed by atoms with Crippen molar-refractivity contribution >= 4 is 23.3 Å². The number of carbonyl (C=O) groups is 2. The molecule has 0 bridgehead atoms. The van der Waals surface area contributed by atoms with Crippen LogP contribution in [-0.4, -0.2) is 18.5 Å². The molecule has 0 aliphatic carbocycles. The van der Waals surface area contributed by atoms with Gasteiger partial charge in [-0.1, -0.05) is 49.7 Å². The molecule has 3 N–H and O–H groups in total. The van der Waals surface area contributed by atoms with Gasteiger partial charge in [0.05, 0.1) is 0 Å². The molecule has 0 aromatic heterocycles. The Morgan fingerprint density at radius 3 is 2.38 bits per heavy atom. The van der Waals surface area contributed by atoms with Crippen molar-refractivity contribution in [1.82, 2.24) is 5.32 Å². The number of rotatable bonds is 7. The van der Waals surface area contributed by atoms with Crippen LogP contribution in [0.5, 0.6) is 0 Å². The van der Waals surface area contributed by atoms with E-state index in [0.717, 1.165) is 24.1 Å². The van der Waals surface area contributed by atoms with Crippen LogP contribution in [0.1, 0.15) is 25.3 Å². The number of carbonyl (C=O) groups excluding carboxylic acids is 2. The van der Waals surface area contributed by atoms with Crippen molar-refractivity contribution in [2.45, 2.75) is 26.2 Å². The van der Waals surface area contributed by atoms with E-state index >= 15 is 0 Å². The highest BCUT2D eigenvalue weighted by atomic mass is 16.2. The van der Waals surface area contributed by atoms with E-state index < -0.39 is 0 Å². The summed E-state index contributed by atoms with van der Waals surface area (Å²) in [5.74, 6) is -0.112. The van der Waals surface area contributed by atoms with Gasteiger partial charge in [0.2, 0.25) is 5.91 Å². The zero-order valence-electron chi connectivity index (χ0n) is 13.8. The number of amides is 3. The summed E-state index contributed by atoms with van der Waals surface area (Å²) in [4.78, 5) is 23.8. The van der Waals surface area contributed by atoms with Gasteiger partial charge in [-0.25, -0.2) is 4.79 Å². The molecule has 2 aromatic rings. The molecule has 5 heteroatoms.